The van der Waals surface area contributed by atoms with E-state index < -0.39 is 0 Å². The largest absolute Gasteiger partial charge is 0.358 e. The molecule has 1 aromatic carbocycles. The predicted octanol–water partition coefficient (Wildman–Crippen LogP) is 4.59. The third-order valence-electron chi connectivity index (χ3n) is 5.32. The van der Waals surface area contributed by atoms with Gasteiger partial charge in [0.05, 0.1) is 0 Å². The van der Waals surface area contributed by atoms with Crippen LogP contribution in [0.5, 0.6) is 0 Å². The average Bonchev–Trinajstić information content (AvgIpc) is 2.79. The van der Waals surface area contributed by atoms with Gasteiger partial charge in [-0.25, -0.2) is 15.0 Å². The second-order valence-electron chi connectivity index (χ2n) is 7.85. The molecule has 0 aliphatic carbocycles. The third kappa shape index (κ3) is 6.14. The highest BCUT2D eigenvalue weighted by atomic mass is 32.2. The number of rotatable bonds is 6. The second-order valence-corrected chi connectivity index (χ2v) is 9.25. The number of nitrogens with one attached hydrogen (secondary N) is 2. The Morgan fingerprint density at radius 3 is 2.69 bits per heavy atom. The van der Waals surface area contributed by atoms with Crippen LogP contribution in [-0.4, -0.2) is 37.6 Å². The number of nitrogens with zero attached hydrogens (tertiary/aromatic N) is 5. The molecule has 1 aliphatic heterocycles. The number of aryl methyl sites for hydroxylation is 1. The van der Waals surface area contributed by atoms with Crippen LogP contribution in [0.3, 0.4) is 0 Å². The third-order valence-corrected chi connectivity index (χ3v) is 6.38. The highest BCUT2D eigenvalue weighted by Crippen LogP contribution is 2.29. The van der Waals surface area contributed by atoms with Gasteiger partial charge in [-0.2, -0.15) is 4.98 Å². The lowest BCUT2D eigenvalue weighted by Crippen LogP contribution is -2.38. The summed E-state index contributed by atoms with van der Waals surface area (Å²) in [6.45, 7) is 5.94. The molecule has 2 aromatic heterocycles. The molecule has 2 N–H and O–H groups in total. The van der Waals surface area contributed by atoms with Crippen molar-refractivity contribution in [2.24, 2.45) is 0 Å². The first-order valence-electron chi connectivity index (χ1n) is 10.8. The molecular formula is C23H27N7S2. The lowest BCUT2D eigenvalue weighted by atomic mass is 10.0. The Labute approximate surface area is 198 Å². The van der Waals surface area contributed by atoms with E-state index in [0.29, 0.717) is 28.8 Å². The van der Waals surface area contributed by atoms with Crippen molar-refractivity contribution in [3.05, 3.63) is 59.9 Å². The Morgan fingerprint density at radius 1 is 1.16 bits per heavy atom. The summed E-state index contributed by atoms with van der Waals surface area (Å²) in [5.74, 6) is 1.37. The van der Waals surface area contributed by atoms with Crippen LogP contribution >= 0.6 is 24.0 Å². The minimum absolute atomic E-state index is 0.434. The summed E-state index contributed by atoms with van der Waals surface area (Å²) in [6.07, 6.45) is 7.03. The number of benzene rings is 1. The van der Waals surface area contributed by atoms with Gasteiger partial charge in [0, 0.05) is 37.6 Å². The van der Waals surface area contributed by atoms with Crippen LogP contribution in [0, 0.1) is 6.92 Å². The molecule has 1 atom stereocenters. The fourth-order valence-electron chi connectivity index (χ4n) is 3.57. The van der Waals surface area contributed by atoms with E-state index in [1.54, 1.807) is 18.5 Å². The molecule has 0 bridgehead atoms. The first-order valence-corrected chi connectivity index (χ1v) is 12.0. The molecule has 7 nitrogen and oxygen atoms in total. The molecule has 3 heterocycles. The predicted molar refractivity (Wildman–Crippen MR) is 133 cm³/mol. The molecule has 0 saturated carbocycles. The van der Waals surface area contributed by atoms with Crippen molar-refractivity contribution in [3.8, 4) is 0 Å². The van der Waals surface area contributed by atoms with E-state index in [2.05, 4.69) is 68.6 Å². The van der Waals surface area contributed by atoms with Crippen LogP contribution in [0.1, 0.15) is 37.3 Å². The normalized spacial score (nSPS) is 15.9. The summed E-state index contributed by atoms with van der Waals surface area (Å²) in [5.41, 5.74) is 2.40. The summed E-state index contributed by atoms with van der Waals surface area (Å²) >= 11 is 6.93. The van der Waals surface area contributed by atoms with Gasteiger partial charge in [0.15, 0.2) is 10.3 Å². The van der Waals surface area contributed by atoms with Crippen LogP contribution in [0.2, 0.25) is 0 Å². The molecule has 4 rings (SSSR count). The summed E-state index contributed by atoms with van der Waals surface area (Å²) in [7, 11) is 0. The smallest absolute Gasteiger partial charge is 0.232 e. The number of hydrogen-bond acceptors (Lipinski definition) is 7. The Bertz CT molecular complexity index is 1040. The molecule has 9 heteroatoms. The van der Waals surface area contributed by atoms with Crippen molar-refractivity contribution in [1.29, 1.82) is 0 Å². The van der Waals surface area contributed by atoms with E-state index >= 15 is 0 Å². The van der Waals surface area contributed by atoms with Gasteiger partial charge in [0.25, 0.3) is 0 Å². The summed E-state index contributed by atoms with van der Waals surface area (Å²) in [4.78, 5) is 20.4. The molecular weight excluding hydrogens is 438 g/mol. The Balaban J connectivity index is 1.51. The van der Waals surface area contributed by atoms with Crippen molar-refractivity contribution in [2.45, 2.75) is 55.9 Å². The van der Waals surface area contributed by atoms with Gasteiger partial charge in [-0.05, 0) is 68.7 Å². The van der Waals surface area contributed by atoms with Crippen molar-refractivity contribution < 1.29 is 0 Å². The second kappa shape index (κ2) is 10.7. The van der Waals surface area contributed by atoms with Gasteiger partial charge in [-0.15, -0.1) is 0 Å². The van der Waals surface area contributed by atoms with Gasteiger partial charge >= 0.3 is 0 Å². The molecule has 0 amide bonds. The molecule has 32 heavy (non-hydrogen) atoms. The molecule has 1 aliphatic rings. The van der Waals surface area contributed by atoms with E-state index in [0.717, 1.165) is 35.8 Å². The fourth-order valence-corrected chi connectivity index (χ4v) is 4.45. The summed E-state index contributed by atoms with van der Waals surface area (Å²) < 4.78 is 0. The molecule has 1 saturated heterocycles. The number of thiocarbonyl (C=S) groups is 1. The lowest BCUT2D eigenvalue weighted by Gasteiger charge is -2.34. The van der Waals surface area contributed by atoms with Gasteiger partial charge in [0.1, 0.15) is 10.8 Å². The van der Waals surface area contributed by atoms with Crippen LogP contribution in [-0.2, 0) is 6.54 Å². The maximum absolute atomic E-state index is 5.51. The highest BCUT2D eigenvalue weighted by molar-refractivity contribution is 7.99. The quantitative estimate of drug-likeness (QED) is 0.309. The molecule has 0 spiro atoms. The Hall–Kier alpha value is -2.78. The van der Waals surface area contributed by atoms with Gasteiger partial charge in [-0.3, -0.25) is 0 Å². The van der Waals surface area contributed by atoms with Crippen LogP contribution in [0.25, 0.3) is 0 Å². The van der Waals surface area contributed by atoms with E-state index in [9.17, 15) is 0 Å². The summed E-state index contributed by atoms with van der Waals surface area (Å²) in [5, 5.41) is 8.32. The zero-order valence-corrected chi connectivity index (χ0v) is 19.9. The zero-order chi connectivity index (χ0) is 22.3. The fraction of sp³-hybridized carbons (Fsp3) is 0.348. The van der Waals surface area contributed by atoms with Crippen molar-refractivity contribution in [3.63, 3.8) is 0 Å². The van der Waals surface area contributed by atoms with Crippen LogP contribution in [0.4, 0.5) is 11.8 Å². The standard InChI is InChI=1S/C23H27N7S2/c1-16-7-9-18(10-8-16)15-26-22(31)29-21-27-19(30-13-4-3-6-17(30)2)14-20(28-21)32-23-24-11-5-12-25-23/h5,7-12,14,17H,3-4,6,13,15H2,1-2H3,(H2,26,27,28,29,31). The number of anilines is 2. The topological polar surface area (TPSA) is 78.9 Å². The number of aromatic nitrogens is 4. The Morgan fingerprint density at radius 2 is 1.94 bits per heavy atom. The maximum atomic E-state index is 5.51. The van der Waals surface area contributed by atoms with Crippen molar-refractivity contribution >= 4 is 40.9 Å². The van der Waals surface area contributed by atoms with Gasteiger partial charge < -0.3 is 15.5 Å². The molecule has 0 radical (unpaired) electrons. The molecule has 166 valence electrons. The number of piperidine rings is 1. The minimum Gasteiger partial charge on any atom is -0.358 e. The first kappa shape index (κ1) is 22.4. The van der Waals surface area contributed by atoms with Crippen LogP contribution in [0.15, 0.2) is 59.0 Å². The molecule has 3 aromatic rings. The van der Waals surface area contributed by atoms with Crippen molar-refractivity contribution in [1.82, 2.24) is 25.3 Å². The van der Waals surface area contributed by atoms with Gasteiger partial charge in [0.2, 0.25) is 5.95 Å². The molecule has 1 unspecified atom stereocenters. The van der Waals surface area contributed by atoms with E-state index in [1.165, 1.54) is 23.7 Å². The van der Waals surface area contributed by atoms with E-state index in [4.69, 9.17) is 17.2 Å². The molecule has 1 fully saturated rings. The zero-order valence-electron chi connectivity index (χ0n) is 18.3. The van der Waals surface area contributed by atoms with E-state index in [1.807, 2.05) is 6.07 Å². The minimum atomic E-state index is 0.434. The lowest BCUT2D eigenvalue weighted by molar-refractivity contribution is 0.480. The maximum Gasteiger partial charge on any atom is 0.232 e. The van der Waals surface area contributed by atoms with Crippen molar-refractivity contribution in [2.75, 3.05) is 16.8 Å². The highest BCUT2D eigenvalue weighted by Gasteiger charge is 2.21. The SMILES string of the molecule is Cc1ccc(CNC(=S)Nc2nc(Sc3ncccn3)cc(N3CCCCC3C)n2)cc1. The summed E-state index contributed by atoms with van der Waals surface area (Å²) in [6, 6.07) is 12.6. The van der Waals surface area contributed by atoms with Crippen LogP contribution < -0.4 is 15.5 Å². The first-order chi connectivity index (χ1) is 15.6. The van der Waals surface area contributed by atoms with E-state index in [-0.39, 0.29) is 0 Å². The average molecular weight is 466 g/mol. The Kier molecular flexibility index (Phi) is 7.49. The monoisotopic (exact) mass is 465 g/mol. The number of hydrogen-bond donors (Lipinski definition) is 2. The van der Waals surface area contributed by atoms with Gasteiger partial charge in [-0.1, -0.05) is 29.8 Å².